The van der Waals surface area contributed by atoms with Crippen molar-refractivity contribution in [3.63, 3.8) is 0 Å². The number of rotatable bonds is 6. The lowest BCUT2D eigenvalue weighted by atomic mass is 10.1. The quantitative estimate of drug-likeness (QED) is 0.600. The van der Waals surface area contributed by atoms with Crippen LogP contribution in [0.3, 0.4) is 0 Å². The molecule has 30 heavy (non-hydrogen) atoms. The highest BCUT2D eigenvalue weighted by Crippen LogP contribution is 2.20. The number of fused-ring (bicyclic) bond motifs is 1. The summed E-state index contributed by atoms with van der Waals surface area (Å²) < 4.78 is 5.64. The number of pyridine rings is 1. The largest absolute Gasteiger partial charge is 0.484 e. The molecule has 1 heterocycles. The van der Waals surface area contributed by atoms with Gasteiger partial charge in [-0.3, -0.25) is 9.78 Å². The summed E-state index contributed by atoms with van der Waals surface area (Å²) in [6.45, 7) is 0.661. The molecule has 0 saturated heterocycles. The van der Waals surface area contributed by atoms with Crippen LogP contribution in [0.5, 0.6) is 5.75 Å². The molecule has 3 rings (SSSR count). The van der Waals surface area contributed by atoms with Crippen molar-refractivity contribution >= 4 is 28.6 Å². The Bertz CT molecular complexity index is 995. The van der Waals surface area contributed by atoms with E-state index in [4.69, 9.17) is 24.5 Å². The molecule has 0 aliphatic rings. The summed E-state index contributed by atoms with van der Waals surface area (Å²) in [5.74, 6) is -2.98. The molecule has 1 aromatic heterocycles. The molecule has 1 amide bonds. The van der Waals surface area contributed by atoms with Gasteiger partial charge in [-0.25, -0.2) is 9.59 Å². The normalized spacial score (nSPS) is 9.90. The fourth-order valence-electron chi connectivity index (χ4n) is 2.47. The molecule has 0 atom stereocenters. The number of amides is 1. The first kappa shape index (κ1) is 22.4. The predicted octanol–water partition coefficient (Wildman–Crippen LogP) is 2.47. The first-order chi connectivity index (χ1) is 14.4. The van der Waals surface area contributed by atoms with Crippen molar-refractivity contribution in [2.75, 3.05) is 20.2 Å². The minimum atomic E-state index is -1.82. The molecule has 0 aliphatic heterocycles. The SMILES string of the molecule is CN(CCc1ccccn1)C(=O)COc1ccc2ccccc2c1.O=C(O)C(=O)O. The second-order valence-electron chi connectivity index (χ2n) is 6.29. The Morgan fingerprint density at radius 1 is 0.933 bits per heavy atom. The van der Waals surface area contributed by atoms with Gasteiger partial charge in [-0.05, 0) is 35.0 Å². The van der Waals surface area contributed by atoms with Crippen molar-refractivity contribution < 1.29 is 29.3 Å². The molecule has 0 fully saturated rings. The van der Waals surface area contributed by atoms with Crippen LogP contribution >= 0.6 is 0 Å². The van der Waals surface area contributed by atoms with Crippen LogP contribution in [-0.2, 0) is 20.8 Å². The number of carbonyl (C=O) groups is 3. The molecular formula is C22H22N2O6. The number of carboxylic acids is 2. The molecule has 8 heteroatoms. The van der Waals surface area contributed by atoms with Crippen LogP contribution < -0.4 is 4.74 Å². The summed E-state index contributed by atoms with van der Waals surface area (Å²) in [7, 11) is 1.79. The number of benzene rings is 2. The molecule has 0 unspecified atom stereocenters. The number of aromatic nitrogens is 1. The number of nitrogens with zero attached hydrogens (tertiary/aromatic N) is 2. The third-order valence-electron chi connectivity index (χ3n) is 4.12. The van der Waals surface area contributed by atoms with E-state index in [1.807, 2.05) is 54.6 Å². The van der Waals surface area contributed by atoms with E-state index in [9.17, 15) is 4.79 Å². The average Bonchev–Trinajstić information content (AvgIpc) is 2.76. The maximum Gasteiger partial charge on any atom is 0.414 e. The molecule has 0 saturated carbocycles. The Kier molecular flexibility index (Phi) is 8.31. The van der Waals surface area contributed by atoms with Gasteiger partial charge in [0.1, 0.15) is 5.75 Å². The van der Waals surface area contributed by atoms with E-state index < -0.39 is 11.9 Å². The van der Waals surface area contributed by atoms with Crippen LogP contribution in [0, 0.1) is 0 Å². The summed E-state index contributed by atoms with van der Waals surface area (Å²) in [4.78, 5) is 36.3. The number of carboxylic acid groups (broad SMARTS) is 2. The summed E-state index contributed by atoms with van der Waals surface area (Å²) in [6.07, 6.45) is 2.50. The van der Waals surface area contributed by atoms with Crippen LogP contribution in [-0.4, -0.2) is 58.1 Å². The molecular weight excluding hydrogens is 388 g/mol. The van der Waals surface area contributed by atoms with Gasteiger partial charge in [0, 0.05) is 31.9 Å². The number of hydrogen-bond acceptors (Lipinski definition) is 5. The van der Waals surface area contributed by atoms with Gasteiger partial charge in [0.05, 0.1) is 0 Å². The predicted molar refractivity (Wildman–Crippen MR) is 110 cm³/mol. The molecule has 156 valence electrons. The fraction of sp³-hybridized carbons (Fsp3) is 0.182. The Hall–Kier alpha value is -3.94. The Morgan fingerprint density at radius 3 is 2.23 bits per heavy atom. The minimum absolute atomic E-state index is 0.0387. The van der Waals surface area contributed by atoms with E-state index in [1.165, 1.54) is 0 Å². The average molecular weight is 410 g/mol. The molecule has 0 bridgehead atoms. The van der Waals surface area contributed by atoms with E-state index in [-0.39, 0.29) is 12.5 Å². The second kappa shape index (κ2) is 11.2. The number of aliphatic carboxylic acids is 2. The molecule has 8 nitrogen and oxygen atoms in total. The lowest BCUT2D eigenvalue weighted by Crippen LogP contribution is -2.33. The smallest absolute Gasteiger partial charge is 0.414 e. The number of likely N-dealkylation sites (N-methyl/N-ethyl adjacent to an activating group) is 1. The van der Waals surface area contributed by atoms with Gasteiger partial charge in [-0.1, -0.05) is 36.4 Å². The van der Waals surface area contributed by atoms with Crippen molar-refractivity contribution in [1.29, 1.82) is 0 Å². The van der Waals surface area contributed by atoms with Gasteiger partial charge < -0.3 is 19.8 Å². The number of ether oxygens (including phenoxy) is 1. The van der Waals surface area contributed by atoms with Crippen molar-refractivity contribution in [3.8, 4) is 5.75 Å². The first-order valence-corrected chi connectivity index (χ1v) is 9.08. The van der Waals surface area contributed by atoms with Crippen molar-refractivity contribution in [2.45, 2.75) is 6.42 Å². The standard InChI is InChI=1S/C20H20N2O2.C2H2O4/c1-22(13-11-18-8-4-5-12-21-18)20(23)15-24-19-10-9-16-6-2-3-7-17(16)14-19;3-1(4)2(5)6/h2-10,12,14H,11,13,15H2,1H3;(H,3,4)(H,5,6). The van der Waals surface area contributed by atoms with Crippen molar-refractivity contribution in [3.05, 3.63) is 72.6 Å². The van der Waals surface area contributed by atoms with Crippen LogP contribution in [0.4, 0.5) is 0 Å². The van der Waals surface area contributed by atoms with Crippen LogP contribution in [0.1, 0.15) is 5.69 Å². The van der Waals surface area contributed by atoms with E-state index in [0.29, 0.717) is 12.3 Å². The molecule has 0 aliphatic carbocycles. The van der Waals surface area contributed by atoms with Crippen LogP contribution in [0.15, 0.2) is 66.9 Å². The minimum Gasteiger partial charge on any atom is -0.484 e. The van der Waals surface area contributed by atoms with Crippen molar-refractivity contribution in [2.24, 2.45) is 0 Å². The summed E-state index contributed by atoms with van der Waals surface area (Å²) in [6, 6.07) is 19.7. The number of carbonyl (C=O) groups excluding carboxylic acids is 1. The first-order valence-electron chi connectivity index (χ1n) is 9.08. The van der Waals surface area contributed by atoms with E-state index in [1.54, 1.807) is 18.1 Å². The molecule has 0 spiro atoms. The van der Waals surface area contributed by atoms with Gasteiger partial charge in [-0.2, -0.15) is 0 Å². The topological polar surface area (TPSA) is 117 Å². The highest BCUT2D eigenvalue weighted by Gasteiger charge is 2.10. The zero-order chi connectivity index (χ0) is 21.9. The van der Waals surface area contributed by atoms with E-state index >= 15 is 0 Å². The fourth-order valence-corrected chi connectivity index (χ4v) is 2.47. The van der Waals surface area contributed by atoms with Crippen LogP contribution in [0.2, 0.25) is 0 Å². The Morgan fingerprint density at radius 2 is 1.60 bits per heavy atom. The zero-order valence-corrected chi connectivity index (χ0v) is 16.4. The van der Waals surface area contributed by atoms with Gasteiger partial charge in [0.2, 0.25) is 0 Å². The highest BCUT2D eigenvalue weighted by molar-refractivity contribution is 6.27. The van der Waals surface area contributed by atoms with Crippen molar-refractivity contribution in [1.82, 2.24) is 9.88 Å². The summed E-state index contributed by atoms with van der Waals surface area (Å²) in [5.41, 5.74) is 0.979. The lowest BCUT2D eigenvalue weighted by Gasteiger charge is -2.17. The second-order valence-corrected chi connectivity index (χ2v) is 6.29. The third-order valence-corrected chi connectivity index (χ3v) is 4.12. The molecule has 2 aromatic carbocycles. The molecule has 2 N–H and O–H groups in total. The van der Waals surface area contributed by atoms with Crippen LogP contribution in [0.25, 0.3) is 10.8 Å². The Balaban J connectivity index is 0.000000469. The molecule has 0 radical (unpaired) electrons. The lowest BCUT2D eigenvalue weighted by molar-refractivity contribution is -0.159. The zero-order valence-electron chi connectivity index (χ0n) is 16.4. The summed E-state index contributed by atoms with van der Waals surface area (Å²) in [5, 5.41) is 17.0. The van der Waals surface area contributed by atoms with Gasteiger partial charge in [0.25, 0.3) is 5.91 Å². The molecule has 3 aromatic rings. The van der Waals surface area contributed by atoms with Gasteiger partial charge in [-0.15, -0.1) is 0 Å². The summed E-state index contributed by atoms with van der Waals surface area (Å²) >= 11 is 0. The van der Waals surface area contributed by atoms with E-state index in [2.05, 4.69) is 11.1 Å². The van der Waals surface area contributed by atoms with Gasteiger partial charge >= 0.3 is 11.9 Å². The maximum absolute atomic E-state index is 12.2. The maximum atomic E-state index is 12.2. The highest BCUT2D eigenvalue weighted by atomic mass is 16.5. The third kappa shape index (κ3) is 7.23. The number of hydrogen-bond donors (Lipinski definition) is 2. The van der Waals surface area contributed by atoms with E-state index in [0.717, 1.165) is 22.9 Å². The van der Waals surface area contributed by atoms with Gasteiger partial charge in [0.15, 0.2) is 6.61 Å². The Labute approximate surface area is 173 Å². The monoisotopic (exact) mass is 410 g/mol.